The SMILES string of the molecule is NC(c1cc(Br)cs1)c1ccc(F)cc1F. The molecule has 1 aromatic carbocycles. The van der Waals surface area contributed by atoms with Gasteiger partial charge >= 0.3 is 0 Å². The molecular weight excluding hydrogens is 296 g/mol. The monoisotopic (exact) mass is 303 g/mol. The van der Waals surface area contributed by atoms with Gasteiger partial charge in [0.1, 0.15) is 11.6 Å². The van der Waals surface area contributed by atoms with E-state index in [1.807, 2.05) is 11.4 Å². The van der Waals surface area contributed by atoms with Crippen LogP contribution in [0.25, 0.3) is 0 Å². The summed E-state index contributed by atoms with van der Waals surface area (Å²) >= 11 is 4.74. The van der Waals surface area contributed by atoms with E-state index in [9.17, 15) is 8.78 Å². The Bertz CT molecular complexity index is 512. The van der Waals surface area contributed by atoms with Gasteiger partial charge in [0.15, 0.2) is 0 Å². The van der Waals surface area contributed by atoms with Crippen molar-refractivity contribution in [3.8, 4) is 0 Å². The van der Waals surface area contributed by atoms with Crippen molar-refractivity contribution >= 4 is 27.3 Å². The molecule has 0 fully saturated rings. The van der Waals surface area contributed by atoms with Crippen LogP contribution in [-0.2, 0) is 0 Å². The third-order valence-electron chi connectivity index (χ3n) is 2.19. The number of hydrogen-bond donors (Lipinski definition) is 1. The Balaban J connectivity index is 2.37. The van der Waals surface area contributed by atoms with Crippen LogP contribution >= 0.6 is 27.3 Å². The molecule has 1 aromatic heterocycles. The fourth-order valence-electron chi connectivity index (χ4n) is 1.40. The van der Waals surface area contributed by atoms with Crippen molar-refractivity contribution in [1.29, 1.82) is 0 Å². The Morgan fingerprint density at radius 1 is 1.25 bits per heavy atom. The van der Waals surface area contributed by atoms with Crippen molar-refractivity contribution in [2.24, 2.45) is 5.73 Å². The highest BCUT2D eigenvalue weighted by molar-refractivity contribution is 9.10. The van der Waals surface area contributed by atoms with Gasteiger partial charge in [-0.05, 0) is 28.1 Å². The van der Waals surface area contributed by atoms with Gasteiger partial charge in [-0.1, -0.05) is 6.07 Å². The van der Waals surface area contributed by atoms with Crippen LogP contribution in [0, 0.1) is 11.6 Å². The zero-order valence-corrected chi connectivity index (χ0v) is 10.5. The van der Waals surface area contributed by atoms with Crippen LogP contribution in [-0.4, -0.2) is 0 Å². The molecule has 0 aliphatic rings. The van der Waals surface area contributed by atoms with Crippen LogP contribution in [0.5, 0.6) is 0 Å². The summed E-state index contributed by atoms with van der Waals surface area (Å²) in [6, 6.07) is 4.71. The van der Waals surface area contributed by atoms with Crippen LogP contribution in [0.2, 0.25) is 0 Å². The van der Waals surface area contributed by atoms with E-state index in [1.165, 1.54) is 23.5 Å². The molecule has 0 aliphatic carbocycles. The molecule has 2 aromatic rings. The molecule has 0 spiro atoms. The van der Waals surface area contributed by atoms with Crippen molar-refractivity contribution in [2.45, 2.75) is 6.04 Å². The molecule has 1 atom stereocenters. The van der Waals surface area contributed by atoms with Gasteiger partial charge < -0.3 is 5.73 Å². The Hall–Kier alpha value is -0.780. The number of halogens is 3. The Morgan fingerprint density at radius 3 is 2.56 bits per heavy atom. The highest BCUT2D eigenvalue weighted by atomic mass is 79.9. The third-order valence-corrected chi connectivity index (χ3v) is 3.97. The van der Waals surface area contributed by atoms with E-state index in [0.717, 1.165) is 15.4 Å². The maximum Gasteiger partial charge on any atom is 0.131 e. The quantitative estimate of drug-likeness (QED) is 0.896. The fraction of sp³-hybridized carbons (Fsp3) is 0.0909. The molecule has 0 amide bonds. The molecule has 5 heteroatoms. The van der Waals surface area contributed by atoms with E-state index in [2.05, 4.69) is 15.9 Å². The first-order valence-corrected chi connectivity index (χ1v) is 6.19. The molecule has 1 heterocycles. The lowest BCUT2D eigenvalue weighted by atomic mass is 10.1. The molecule has 84 valence electrons. The number of rotatable bonds is 2. The molecule has 0 saturated carbocycles. The lowest BCUT2D eigenvalue weighted by molar-refractivity contribution is 0.566. The minimum atomic E-state index is -0.614. The molecule has 2 rings (SSSR count). The molecule has 0 bridgehead atoms. The van der Waals surface area contributed by atoms with Crippen LogP contribution in [0.3, 0.4) is 0 Å². The zero-order valence-electron chi connectivity index (χ0n) is 8.08. The van der Waals surface area contributed by atoms with Crippen molar-refractivity contribution in [1.82, 2.24) is 0 Å². The maximum atomic E-state index is 13.5. The van der Waals surface area contributed by atoms with E-state index in [-0.39, 0.29) is 0 Å². The average molecular weight is 304 g/mol. The van der Waals surface area contributed by atoms with E-state index in [1.54, 1.807) is 0 Å². The Labute approximate surface area is 104 Å². The molecule has 2 N–H and O–H groups in total. The molecule has 0 aliphatic heterocycles. The lowest BCUT2D eigenvalue weighted by Gasteiger charge is -2.10. The molecular formula is C11H8BrF2NS. The standard InChI is InChI=1S/C11H8BrF2NS/c12-6-3-10(16-5-6)11(15)8-2-1-7(13)4-9(8)14/h1-5,11H,15H2. The van der Waals surface area contributed by atoms with Gasteiger partial charge in [-0.25, -0.2) is 8.78 Å². The summed E-state index contributed by atoms with van der Waals surface area (Å²) in [4.78, 5) is 0.831. The second-order valence-corrected chi connectivity index (χ2v) is 5.17. The summed E-state index contributed by atoms with van der Waals surface area (Å²) in [6.45, 7) is 0. The number of thiophene rings is 1. The Kier molecular flexibility index (Phi) is 3.37. The van der Waals surface area contributed by atoms with Crippen molar-refractivity contribution in [2.75, 3.05) is 0 Å². The van der Waals surface area contributed by atoms with E-state index in [4.69, 9.17) is 5.73 Å². The van der Waals surface area contributed by atoms with Crippen molar-refractivity contribution in [3.63, 3.8) is 0 Å². The number of hydrogen-bond acceptors (Lipinski definition) is 2. The van der Waals surface area contributed by atoms with Gasteiger partial charge in [0.2, 0.25) is 0 Å². The first kappa shape index (κ1) is 11.7. The topological polar surface area (TPSA) is 26.0 Å². The highest BCUT2D eigenvalue weighted by Gasteiger charge is 2.15. The van der Waals surface area contributed by atoms with Gasteiger partial charge in [-0.3, -0.25) is 0 Å². The smallest absolute Gasteiger partial charge is 0.131 e. The zero-order chi connectivity index (χ0) is 11.7. The highest BCUT2D eigenvalue weighted by Crippen LogP contribution is 2.29. The second kappa shape index (κ2) is 4.61. The predicted octanol–water partition coefficient (Wildman–Crippen LogP) is 3.84. The van der Waals surface area contributed by atoms with Gasteiger partial charge in [0.05, 0.1) is 6.04 Å². The van der Waals surface area contributed by atoms with Gasteiger partial charge in [0, 0.05) is 26.4 Å². The lowest BCUT2D eigenvalue weighted by Crippen LogP contribution is -2.12. The second-order valence-electron chi connectivity index (χ2n) is 3.31. The van der Waals surface area contributed by atoms with Gasteiger partial charge in [-0.2, -0.15) is 0 Å². The van der Waals surface area contributed by atoms with Crippen molar-refractivity contribution < 1.29 is 8.78 Å². The molecule has 0 radical (unpaired) electrons. The van der Waals surface area contributed by atoms with Gasteiger partial charge in [0.25, 0.3) is 0 Å². The number of nitrogens with two attached hydrogens (primary N) is 1. The molecule has 1 unspecified atom stereocenters. The summed E-state index contributed by atoms with van der Waals surface area (Å²) in [5.41, 5.74) is 6.21. The normalized spacial score (nSPS) is 12.8. The fourth-order valence-corrected chi connectivity index (χ4v) is 2.86. The molecule has 1 nitrogen and oxygen atoms in total. The summed E-state index contributed by atoms with van der Waals surface area (Å²) in [6.07, 6.45) is 0. The van der Waals surface area contributed by atoms with Crippen LogP contribution in [0.15, 0.2) is 34.1 Å². The number of benzene rings is 1. The van der Waals surface area contributed by atoms with E-state index in [0.29, 0.717) is 5.56 Å². The van der Waals surface area contributed by atoms with E-state index >= 15 is 0 Å². The minimum absolute atomic E-state index is 0.302. The average Bonchev–Trinajstić information content (AvgIpc) is 2.64. The summed E-state index contributed by atoms with van der Waals surface area (Å²) in [5.74, 6) is -1.21. The first-order valence-electron chi connectivity index (χ1n) is 4.52. The third kappa shape index (κ3) is 2.31. The van der Waals surface area contributed by atoms with Crippen LogP contribution < -0.4 is 5.73 Å². The van der Waals surface area contributed by atoms with E-state index < -0.39 is 17.7 Å². The van der Waals surface area contributed by atoms with Crippen LogP contribution in [0.4, 0.5) is 8.78 Å². The van der Waals surface area contributed by atoms with Gasteiger partial charge in [-0.15, -0.1) is 11.3 Å². The molecule has 16 heavy (non-hydrogen) atoms. The molecule has 0 saturated heterocycles. The predicted molar refractivity (Wildman–Crippen MR) is 64.4 cm³/mol. The van der Waals surface area contributed by atoms with Crippen LogP contribution in [0.1, 0.15) is 16.5 Å². The summed E-state index contributed by atoms with van der Waals surface area (Å²) in [5, 5.41) is 1.87. The Morgan fingerprint density at radius 2 is 2.00 bits per heavy atom. The van der Waals surface area contributed by atoms with Crippen molar-refractivity contribution in [3.05, 3.63) is 56.2 Å². The first-order chi connectivity index (χ1) is 7.58. The maximum absolute atomic E-state index is 13.5. The summed E-state index contributed by atoms with van der Waals surface area (Å²) in [7, 11) is 0. The minimum Gasteiger partial charge on any atom is -0.320 e. The summed E-state index contributed by atoms with van der Waals surface area (Å²) < 4.78 is 27.1. The largest absolute Gasteiger partial charge is 0.320 e.